The lowest BCUT2D eigenvalue weighted by Gasteiger charge is -2.15. The molecule has 0 saturated carbocycles. The Kier molecular flexibility index (Phi) is 6.74. The standard InChI is InChI=1S/C27H21N3O6S/c1-35-22-7-3-2-5-18(22)21(31)15-36-27(34)19-6-4-11-29-25(19)37-23-14-24(32)30(26(23)33)17-9-8-16-10-12-28-20(16)13-17/h2-13,23,28H,14-15H2,1H3. The minimum atomic E-state index is -0.761. The first kappa shape index (κ1) is 24.3. The van der Waals surface area contributed by atoms with Crippen LogP contribution in [-0.2, 0) is 14.3 Å². The van der Waals surface area contributed by atoms with Gasteiger partial charge in [-0.25, -0.2) is 14.7 Å². The van der Waals surface area contributed by atoms with E-state index in [2.05, 4.69) is 9.97 Å². The monoisotopic (exact) mass is 515 g/mol. The molecule has 1 N–H and O–H groups in total. The van der Waals surface area contributed by atoms with Crippen molar-refractivity contribution in [1.82, 2.24) is 9.97 Å². The number of nitrogens with zero attached hydrogens (tertiary/aromatic N) is 2. The number of methoxy groups -OCH3 is 1. The number of para-hydroxylation sites is 1. The first-order valence-electron chi connectivity index (χ1n) is 11.3. The van der Waals surface area contributed by atoms with Gasteiger partial charge in [-0.1, -0.05) is 30.0 Å². The van der Waals surface area contributed by atoms with Crippen LogP contribution in [0.1, 0.15) is 27.1 Å². The number of aromatic nitrogens is 2. The zero-order valence-electron chi connectivity index (χ0n) is 19.7. The molecule has 1 fully saturated rings. The number of hydrogen-bond donors (Lipinski definition) is 1. The quantitative estimate of drug-likeness (QED) is 0.212. The summed E-state index contributed by atoms with van der Waals surface area (Å²) in [5.41, 5.74) is 1.69. The summed E-state index contributed by atoms with van der Waals surface area (Å²) in [6.07, 6.45) is 3.23. The Balaban J connectivity index is 1.29. The van der Waals surface area contributed by atoms with Crippen LogP contribution >= 0.6 is 11.8 Å². The van der Waals surface area contributed by atoms with Crippen LogP contribution in [0.2, 0.25) is 0 Å². The third-order valence-corrected chi connectivity index (χ3v) is 7.09. The van der Waals surface area contributed by atoms with Crippen LogP contribution < -0.4 is 9.64 Å². The number of carbonyl (C=O) groups is 4. The average molecular weight is 516 g/mol. The van der Waals surface area contributed by atoms with Crippen LogP contribution in [0.3, 0.4) is 0 Å². The van der Waals surface area contributed by atoms with Gasteiger partial charge < -0.3 is 14.5 Å². The Morgan fingerprint density at radius 2 is 1.89 bits per heavy atom. The van der Waals surface area contributed by atoms with Gasteiger partial charge in [0.1, 0.15) is 10.8 Å². The summed E-state index contributed by atoms with van der Waals surface area (Å²) in [6, 6.07) is 16.9. The lowest BCUT2D eigenvalue weighted by molar-refractivity contribution is -0.121. The van der Waals surface area contributed by atoms with Crippen molar-refractivity contribution < 1.29 is 28.7 Å². The predicted molar refractivity (Wildman–Crippen MR) is 137 cm³/mol. The highest BCUT2D eigenvalue weighted by Gasteiger charge is 2.41. The van der Waals surface area contributed by atoms with Gasteiger partial charge in [-0.3, -0.25) is 14.4 Å². The minimum absolute atomic E-state index is 0.0381. The van der Waals surface area contributed by atoms with E-state index in [4.69, 9.17) is 9.47 Å². The molecule has 2 amide bonds. The number of benzene rings is 2. The number of thioether (sulfide) groups is 1. The van der Waals surface area contributed by atoms with E-state index in [0.717, 1.165) is 27.6 Å². The fourth-order valence-electron chi connectivity index (χ4n) is 4.08. The van der Waals surface area contributed by atoms with E-state index in [0.29, 0.717) is 17.0 Å². The van der Waals surface area contributed by atoms with Crippen LogP contribution in [0, 0.1) is 0 Å². The third kappa shape index (κ3) is 4.83. The molecular formula is C27H21N3O6S. The van der Waals surface area contributed by atoms with E-state index < -0.39 is 29.5 Å². The molecule has 1 aliphatic rings. The van der Waals surface area contributed by atoms with Gasteiger partial charge in [-0.2, -0.15) is 0 Å². The van der Waals surface area contributed by atoms with E-state index in [1.165, 1.54) is 19.4 Å². The molecule has 4 aromatic rings. The van der Waals surface area contributed by atoms with E-state index in [-0.39, 0.29) is 22.9 Å². The van der Waals surface area contributed by atoms with E-state index in [9.17, 15) is 19.2 Å². The number of ketones is 1. The van der Waals surface area contributed by atoms with Crippen molar-refractivity contribution in [2.24, 2.45) is 0 Å². The van der Waals surface area contributed by atoms with E-state index >= 15 is 0 Å². The Morgan fingerprint density at radius 3 is 2.73 bits per heavy atom. The first-order chi connectivity index (χ1) is 18.0. The third-order valence-electron chi connectivity index (χ3n) is 5.89. The number of amides is 2. The number of hydrogen-bond acceptors (Lipinski definition) is 8. The fraction of sp³-hybridized carbons (Fsp3) is 0.148. The summed E-state index contributed by atoms with van der Waals surface area (Å²) in [6.45, 7) is -0.492. The van der Waals surface area contributed by atoms with Gasteiger partial charge in [0.2, 0.25) is 17.6 Å². The first-order valence-corrected chi connectivity index (χ1v) is 12.2. The number of esters is 1. The van der Waals surface area contributed by atoms with Crippen molar-refractivity contribution in [1.29, 1.82) is 0 Å². The molecule has 0 radical (unpaired) electrons. The maximum atomic E-state index is 13.2. The SMILES string of the molecule is COc1ccccc1C(=O)COC(=O)c1cccnc1SC1CC(=O)N(c2ccc3cc[nH]c3c2)C1=O. The summed E-state index contributed by atoms with van der Waals surface area (Å²) >= 11 is 1.02. The number of ether oxygens (including phenoxy) is 2. The summed E-state index contributed by atoms with van der Waals surface area (Å²) in [4.78, 5) is 59.8. The number of rotatable bonds is 8. The minimum Gasteiger partial charge on any atom is -0.496 e. The zero-order chi connectivity index (χ0) is 25.9. The number of imide groups is 1. The van der Waals surface area contributed by atoms with Crippen LogP contribution in [-0.4, -0.2) is 52.5 Å². The molecule has 1 saturated heterocycles. The van der Waals surface area contributed by atoms with Gasteiger partial charge in [-0.15, -0.1) is 0 Å². The van der Waals surface area contributed by atoms with Gasteiger partial charge in [0, 0.05) is 24.3 Å². The van der Waals surface area contributed by atoms with Crippen molar-refractivity contribution >= 4 is 51.9 Å². The Morgan fingerprint density at radius 1 is 1.08 bits per heavy atom. The van der Waals surface area contributed by atoms with Crippen LogP contribution in [0.5, 0.6) is 5.75 Å². The molecule has 0 bridgehead atoms. The van der Waals surface area contributed by atoms with Crippen LogP contribution in [0.4, 0.5) is 5.69 Å². The Hall–Kier alpha value is -4.44. The maximum absolute atomic E-state index is 13.2. The summed E-state index contributed by atoms with van der Waals surface area (Å²) in [7, 11) is 1.45. The summed E-state index contributed by atoms with van der Waals surface area (Å²) < 4.78 is 10.4. The molecule has 5 rings (SSSR count). The zero-order valence-corrected chi connectivity index (χ0v) is 20.5. The van der Waals surface area contributed by atoms with Crippen molar-refractivity contribution in [3.63, 3.8) is 0 Å². The molecule has 37 heavy (non-hydrogen) atoms. The molecule has 0 aliphatic carbocycles. The highest BCUT2D eigenvalue weighted by Crippen LogP contribution is 2.35. The van der Waals surface area contributed by atoms with E-state index in [1.54, 1.807) is 48.7 Å². The molecule has 3 heterocycles. The molecule has 0 spiro atoms. The second-order valence-corrected chi connectivity index (χ2v) is 9.37. The number of H-pyrrole nitrogens is 1. The second-order valence-electron chi connectivity index (χ2n) is 8.18. The number of carbonyl (C=O) groups excluding carboxylic acids is 4. The van der Waals surface area contributed by atoms with Crippen molar-refractivity contribution in [3.8, 4) is 5.75 Å². The number of nitrogens with one attached hydrogen (secondary N) is 1. The average Bonchev–Trinajstić information content (AvgIpc) is 3.50. The number of fused-ring (bicyclic) bond motifs is 1. The van der Waals surface area contributed by atoms with Gasteiger partial charge in [-0.05, 0) is 47.9 Å². The number of anilines is 1. The van der Waals surface area contributed by atoms with Crippen LogP contribution in [0.25, 0.3) is 10.9 Å². The lowest BCUT2D eigenvalue weighted by Crippen LogP contribution is -2.31. The molecule has 9 nitrogen and oxygen atoms in total. The summed E-state index contributed by atoms with van der Waals surface area (Å²) in [5, 5.41) is 0.447. The molecule has 2 aromatic carbocycles. The molecule has 1 aliphatic heterocycles. The second kappa shape index (κ2) is 10.3. The largest absolute Gasteiger partial charge is 0.496 e. The Bertz CT molecular complexity index is 1530. The normalized spacial score (nSPS) is 15.3. The summed E-state index contributed by atoms with van der Waals surface area (Å²) in [5.74, 6) is -1.53. The molecule has 1 unspecified atom stereocenters. The highest BCUT2D eigenvalue weighted by molar-refractivity contribution is 8.00. The Labute approximate surface area is 215 Å². The van der Waals surface area contributed by atoms with Gasteiger partial charge in [0.15, 0.2) is 6.61 Å². The molecule has 1 atom stereocenters. The van der Waals surface area contributed by atoms with Crippen molar-refractivity contribution in [3.05, 3.63) is 84.2 Å². The van der Waals surface area contributed by atoms with Gasteiger partial charge in [0.05, 0.1) is 29.2 Å². The fourth-order valence-corrected chi connectivity index (χ4v) is 5.18. The molecule has 2 aromatic heterocycles. The molecule has 186 valence electrons. The highest BCUT2D eigenvalue weighted by atomic mass is 32.2. The number of Topliss-reactive ketones (excluding diaryl/α,β-unsaturated/α-hetero) is 1. The van der Waals surface area contributed by atoms with Crippen molar-refractivity contribution in [2.75, 3.05) is 18.6 Å². The molecule has 10 heteroatoms. The van der Waals surface area contributed by atoms with Gasteiger partial charge in [0.25, 0.3) is 0 Å². The van der Waals surface area contributed by atoms with Gasteiger partial charge >= 0.3 is 5.97 Å². The lowest BCUT2D eigenvalue weighted by atomic mass is 10.1. The number of aromatic amines is 1. The number of pyridine rings is 1. The smallest absolute Gasteiger partial charge is 0.341 e. The van der Waals surface area contributed by atoms with E-state index in [1.807, 2.05) is 12.1 Å². The predicted octanol–water partition coefficient (Wildman–Crippen LogP) is 4.04. The van der Waals surface area contributed by atoms with Crippen LogP contribution in [0.15, 0.2) is 78.1 Å². The maximum Gasteiger partial charge on any atom is 0.341 e. The van der Waals surface area contributed by atoms with Crippen molar-refractivity contribution in [2.45, 2.75) is 16.7 Å². The topological polar surface area (TPSA) is 119 Å². The molecular weight excluding hydrogens is 494 g/mol.